The Morgan fingerprint density at radius 2 is 2.00 bits per heavy atom. The van der Waals surface area contributed by atoms with Crippen LogP contribution in [-0.2, 0) is 38.6 Å². The van der Waals surface area contributed by atoms with Gasteiger partial charge in [-0.2, -0.15) is 0 Å². The number of ketones is 1. The minimum atomic E-state index is -2.13. The Hall–Kier alpha value is -1.84. The number of aryl methyl sites for hydroxylation is 1. The zero-order valence-corrected chi connectivity index (χ0v) is 24.7. The predicted molar refractivity (Wildman–Crippen MR) is 151 cm³/mol. The van der Waals surface area contributed by atoms with E-state index >= 15 is 0 Å². The molecule has 0 aliphatic heterocycles. The van der Waals surface area contributed by atoms with Crippen molar-refractivity contribution in [2.75, 3.05) is 24.7 Å². The molecule has 0 unspecified atom stereocenters. The number of nitrogens with one attached hydrogen (secondary N) is 2. The quantitative estimate of drug-likeness (QED) is 0.121. The van der Waals surface area contributed by atoms with Gasteiger partial charge in [-0.25, -0.2) is 4.68 Å². The second-order valence-corrected chi connectivity index (χ2v) is 14.0. The van der Waals surface area contributed by atoms with Crippen LogP contribution in [0.4, 0.5) is 4.79 Å². The number of benzene rings is 1. The van der Waals surface area contributed by atoms with E-state index in [2.05, 4.69) is 33.0 Å². The van der Waals surface area contributed by atoms with E-state index in [4.69, 9.17) is 10.1 Å². The van der Waals surface area contributed by atoms with Gasteiger partial charge in [-0.15, -0.1) is 5.10 Å². The van der Waals surface area contributed by atoms with E-state index in [1.165, 1.54) is 11.8 Å². The number of halogens is 1. The van der Waals surface area contributed by atoms with Gasteiger partial charge in [0.05, 0.1) is 5.69 Å². The third kappa shape index (κ3) is 12.4. The van der Waals surface area contributed by atoms with E-state index in [9.17, 15) is 14.4 Å². The molecule has 2 N–H and O–H groups in total. The molecule has 2 amide bonds. The number of methoxy groups -OCH3 is 1. The average Bonchev–Trinajstić information content (AvgIpc) is 3.31. The van der Waals surface area contributed by atoms with Crippen LogP contribution in [0.25, 0.3) is 0 Å². The summed E-state index contributed by atoms with van der Waals surface area (Å²) in [5.41, 5.74) is 1.53. The van der Waals surface area contributed by atoms with E-state index in [1.807, 2.05) is 31.2 Å². The second-order valence-electron chi connectivity index (χ2n) is 8.30. The van der Waals surface area contributed by atoms with Crippen LogP contribution in [0.3, 0.4) is 0 Å². The number of Topliss-reactive ketones (excluding diaryl/α,β-unsaturated/α-hetero) is 1. The molecule has 0 aliphatic rings. The number of rotatable bonds is 16. The fourth-order valence-corrected chi connectivity index (χ4v) is 5.70. The Morgan fingerprint density at radius 1 is 1.25 bits per heavy atom. The molecule has 0 saturated carbocycles. The van der Waals surface area contributed by atoms with Crippen LogP contribution in [0.15, 0.2) is 35.4 Å². The van der Waals surface area contributed by atoms with E-state index in [-0.39, 0.29) is 36.2 Å². The maximum atomic E-state index is 12.4. The van der Waals surface area contributed by atoms with E-state index in [1.54, 1.807) is 27.8 Å². The van der Waals surface area contributed by atoms with Gasteiger partial charge in [0.1, 0.15) is 13.2 Å². The Kier molecular flexibility index (Phi) is 12.8. The molecule has 0 spiro atoms. The molecule has 10 nitrogen and oxygen atoms in total. The second kappa shape index (κ2) is 16.1. The van der Waals surface area contributed by atoms with Gasteiger partial charge in [0.15, 0.2) is 5.78 Å². The molecule has 13 heteroatoms. The number of carbonyl (C=O) groups is 3. The summed E-state index contributed by atoms with van der Waals surface area (Å²) in [4.78, 5) is 36.7. The molecule has 36 heavy (non-hydrogen) atoms. The molecule has 0 bridgehead atoms. The predicted octanol–water partition coefficient (Wildman–Crippen LogP) is 3.63. The Labute approximate surface area is 230 Å². The first kappa shape index (κ1) is 28.7. The fourth-order valence-electron chi connectivity index (χ4n) is 2.67. The van der Waals surface area contributed by atoms with Gasteiger partial charge in [-0.3, -0.25) is 9.59 Å². The first-order valence-corrected chi connectivity index (χ1v) is 16.1. The summed E-state index contributed by atoms with van der Waals surface area (Å²) in [6.45, 7) is 6.75. The Morgan fingerprint density at radius 3 is 2.69 bits per heavy atom. The van der Waals surface area contributed by atoms with Crippen LogP contribution in [-0.4, -0.2) is 62.8 Å². The molecule has 200 valence electrons. The summed E-state index contributed by atoms with van der Waals surface area (Å²) in [5.74, 6) is -0.174. The van der Waals surface area contributed by atoms with E-state index in [0.29, 0.717) is 29.5 Å². The van der Waals surface area contributed by atoms with Gasteiger partial charge in [0.25, 0.3) is 0 Å². The van der Waals surface area contributed by atoms with Crippen molar-refractivity contribution in [2.24, 2.45) is 0 Å². The van der Waals surface area contributed by atoms with Crippen molar-refractivity contribution in [2.45, 2.75) is 56.4 Å². The van der Waals surface area contributed by atoms with Crippen molar-refractivity contribution in [1.82, 2.24) is 23.8 Å². The minimum absolute atomic E-state index is 0.00540. The van der Waals surface area contributed by atoms with Gasteiger partial charge in [-0.1, -0.05) is 5.21 Å². The maximum absolute atomic E-state index is 12.4. The molecule has 1 heterocycles. The summed E-state index contributed by atoms with van der Waals surface area (Å²) >= 11 is -2.13. The number of hydrogen-bond donors (Lipinski definition) is 2. The van der Waals surface area contributed by atoms with Crippen LogP contribution < -0.4 is 8.85 Å². The number of carbonyl (C=O) groups excluding carboxylic acids is 3. The third-order valence-corrected chi connectivity index (χ3v) is 9.41. The molecule has 0 aliphatic carbocycles. The van der Waals surface area contributed by atoms with Crippen LogP contribution in [0, 0.1) is 0 Å². The standard InChI is InChI=1S/C23H34IN5O5S2/c1-5-24-26-22(32)34-14-17-6-10-20(11-7-17)35-36-23(2,3)16-25-21(31)13-29-12-18(27-28-29)8-9-19(30)15-33-4/h6-7,10-12,24H,5,8-9,13-16H2,1-4H3,(H,25,31)(H,26,32)/i24D. The topological polar surface area (TPSA) is 124 Å². The van der Waals surface area contributed by atoms with Gasteiger partial charge in [0, 0.05) is 26.1 Å². The molecule has 1 aromatic heterocycles. The van der Waals surface area contributed by atoms with Crippen molar-refractivity contribution >= 4 is 60.7 Å². The number of ether oxygens (including phenoxy) is 2. The Bertz CT molecular complexity index is 1030. The zero-order valence-electron chi connectivity index (χ0n) is 21.9. The zero-order chi connectivity index (χ0) is 27.3. The molecule has 0 radical (unpaired) electrons. The first-order chi connectivity index (χ1) is 17.6. The van der Waals surface area contributed by atoms with Gasteiger partial charge in [0.2, 0.25) is 5.91 Å². The summed E-state index contributed by atoms with van der Waals surface area (Å²) in [5, 5.41) is 10.9. The molecule has 0 saturated heterocycles. The molecular formula is C23H34IN5O5S2. The molecular weight excluding hydrogens is 617 g/mol. The molecule has 0 atom stereocenters. The van der Waals surface area contributed by atoms with Crippen molar-refractivity contribution < 1.29 is 23.9 Å². The number of nitrogens with zero attached hydrogens (tertiary/aromatic N) is 3. The van der Waals surface area contributed by atoms with Crippen molar-refractivity contribution in [1.29, 1.82) is 0.594 Å². The number of hydrogen-bond acceptors (Lipinski definition) is 9. The first-order valence-electron chi connectivity index (χ1n) is 11.7. The van der Waals surface area contributed by atoms with Crippen LogP contribution >= 0.6 is 42.9 Å². The summed E-state index contributed by atoms with van der Waals surface area (Å²) in [6.07, 6.45) is 1.93. The summed E-state index contributed by atoms with van der Waals surface area (Å²) < 4.78 is 22.2. The van der Waals surface area contributed by atoms with Gasteiger partial charge < -0.3 is 10.1 Å². The van der Waals surface area contributed by atoms with Crippen molar-refractivity contribution in [3.63, 3.8) is 0 Å². The van der Waals surface area contributed by atoms with E-state index < -0.39 is 27.4 Å². The fraction of sp³-hybridized carbons (Fsp3) is 0.522. The van der Waals surface area contributed by atoms with Crippen LogP contribution in [0.2, 0.25) is 0 Å². The van der Waals surface area contributed by atoms with Gasteiger partial charge in [-0.05, 0) is 0 Å². The molecule has 2 rings (SSSR count). The van der Waals surface area contributed by atoms with Crippen LogP contribution in [0.1, 0.15) is 38.4 Å². The SMILES string of the molecule is [2H]I(CC)NC(=O)OCc1ccc(SSC(C)(C)CNC(=O)Cn2cc(CCC(=O)COC)nn2)cc1. The normalized spacial score (nSPS) is 12.0. The Balaban J connectivity index is 1.70. The summed E-state index contributed by atoms with van der Waals surface area (Å²) in [6, 6.07) is 7.73. The van der Waals surface area contributed by atoms with Crippen molar-refractivity contribution in [3.8, 4) is 0 Å². The third-order valence-electron chi connectivity index (χ3n) is 4.50. The molecule has 1 aromatic carbocycles. The van der Waals surface area contributed by atoms with Crippen molar-refractivity contribution in [3.05, 3.63) is 41.7 Å². The number of alkyl halides is 1. The van der Waals surface area contributed by atoms with Gasteiger partial charge >= 0.3 is 140 Å². The number of amides is 2. The average molecular weight is 653 g/mol. The molecule has 2 aromatic rings. The monoisotopic (exact) mass is 652 g/mol. The number of aromatic nitrogens is 3. The summed E-state index contributed by atoms with van der Waals surface area (Å²) in [7, 11) is 4.73. The van der Waals surface area contributed by atoms with E-state index in [0.717, 1.165) is 10.5 Å². The molecule has 0 fully saturated rings. The van der Waals surface area contributed by atoms with Crippen LogP contribution in [0.5, 0.6) is 0 Å².